The maximum Gasteiger partial charge on any atom is 0.306 e. The zero-order valence-corrected chi connectivity index (χ0v) is 8.54. The zero-order chi connectivity index (χ0) is 10.5. The molecule has 0 aromatic rings. The van der Waals surface area contributed by atoms with Crippen LogP contribution in [0.2, 0.25) is 0 Å². The predicted molar refractivity (Wildman–Crippen MR) is 50.1 cm³/mol. The van der Waals surface area contributed by atoms with Gasteiger partial charge in [0, 0.05) is 6.54 Å². The highest BCUT2D eigenvalue weighted by Gasteiger charge is 2.17. The molecule has 13 heavy (non-hydrogen) atoms. The molecule has 0 radical (unpaired) electrons. The number of ether oxygens (including phenoxy) is 1. The van der Waals surface area contributed by atoms with Crippen LogP contribution in [0.15, 0.2) is 0 Å². The van der Waals surface area contributed by atoms with Gasteiger partial charge in [0.2, 0.25) is 0 Å². The molecule has 0 spiro atoms. The molecule has 0 rings (SSSR count). The molecule has 0 saturated carbocycles. The quantitative estimate of drug-likeness (QED) is 0.623. The zero-order valence-electron chi connectivity index (χ0n) is 8.54. The molecule has 0 aliphatic carbocycles. The molecule has 3 N–H and O–H groups in total. The highest BCUT2D eigenvalue weighted by molar-refractivity contribution is 5.70. The summed E-state index contributed by atoms with van der Waals surface area (Å²) in [6.07, 6.45) is -0.395. The van der Waals surface area contributed by atoms with Gasteiger partial charge in [-0.2, -0.15) is 0 Å². The van der Waals surface area contributed by atoms with Crippen molar-refractivity contribution in [3.05, 3.63) is 0 Å². The Morgan fingerprint density at radius 1 is 1.54 bits per heavy atom. The second kappa shape index (κ2) is 5.19. The van der Waals surface area contributed by atoms with Crippen molar-refractivity contribution in [1.82, 2.24) is 0 Å². The third-order valence-corrected chi connectivity index (χ3v) is 1.38. The molecule has 0 aromatic carbocycles. The van der Waals surface area contributed by atoms with Crippen LogP contribution < -0.4 is 5.73 Å². The molecule has 1 unspecified atom stereocenters. The lowest BCUT2D eigenvalue weighted by Crippen LogP contribution is -2.27. The highest BCUT2D eigenvalue weighted by atomic mass is 16.5. The molecule has 78 valence electrons. The van der Waals surface area contributed by atoms with Crippen LogP contribution in [0.3, 0.4) is 0 Å². The number of hydrogen-bond donors (Lipinski definition) is 2. The van der Waals surface area contributed by atoms with Crippen molar-refractivity contribution in [2.75, 3.05) is 13.2 Å². The van der Waals surface area contributed by atoms with Gasteiger partial charge in [0.25, 0.3) is 0 Å². The number of hydrogen-bond acceptors (Lipinski definition) is 4. The van der Waals surface area contributed by atoms with Gasteiger partial charge in [-0.25, -0.2) is 0 Å². The Morgan fingerprint density at radius 3 is 2.46 bits per heavy atom. The summed E-state index contributed by atoms with van der Waals surface area (Å²) in [5, 5.41) is 9.00. The molecule has 0 amide bonds. The normalized spacial score (nSPS) is 13.9. The molecule has 1 atom stereocenters. The number of nitrogens with two attached hydrogens (primary N) is 1. The molecular weight excluding hydrogens is 170 g/mol. The lowest BCUT2D eigenvalue weighted by Gasteiger charge is -2.17. The summed E-state index contributed by atoms with van der Waals surface area (Å²) in [6, 6.07) is 0. The Kier molecular flexibility index (Phi) is 4.95. The number of esters is 1. The van der Waals surface area contributed by atoms with Gasteiger partial charge in [0.15, 0.2) is 0 Å². The number of aliphatic hydroxyl groups is 1. The monoisotopic (exact) mass is 189 g/mol. The minimum Gasteiger partial charge on any atom is -0.463 e. The van der Waals surface area contributed by atoms with Crippen molar-refractivity contribution in [2.45, 2.75) is 33.3 Å². The maximum atomic E-state index is 11.1. The highest BCUT2D eigenvalue weighted by Crippen LogP contribution is 2.18. The lowest BCUT2D eigenvalue weighted by atomic mass is 9.92. The fourth-order valence-corrected chi connectivity index (χ4v) is 0.741. The standard InChI is InChI=1S/C9H19NO3/c1-9(2,3)4-8(12)13-6-7(11)5-10/h7,11H,4-6,10H2,1-3H3. The Bertz CT molecular complexity index is 163. The van der Waals surface area contributed by atoms with E-state index in [4.69, 9.17) is 15.6 Å². The summed E-state index contributed by atoms with van der Waals surface area (Å²) in [5.74, 6) is -0.292. The molecule has 0 aliphatic rings. The first kappa shape index (κ1) is 12.4. The minimum absolute atomic E-state index is 0.00852. The Hall–Kier alpha value is -0.610. The van der Waals surface area contributed by atoms with Crippen molar-refractivity contribution in [3.8, 4) is 0 Å². The van der Waals surface area contributed by atoms with Gasteiger partial charge >= 0.3 is 5.97 Å². The first-order chi connectivity index (χ1) is 5.85. The predicted octanol–water partition coefficient (Wildman–Crippen LogP) is 0.285. The van der Waals surface area contributed by atoms with Crippen LogP contribution in [-0.4, -0.2) is 30.3 Å². The summed E-state index contributed by atoms with van der Waals surface area (Å²) in [5.41, 5.74) is 5.07. The van der Waals surface area contributed by atoms with E-state index in [0.29, 0.717) is 6.42 Å². The number of rotatable bonds is 4. The number of carbonyl (C=O) groups excluding carboxylic acids is 1. The molecule has 0 aliphatic heterocycles. The van der Waals surface area contributed by atoms with E-state index in [2.05, 4.69) is 0 Å². The minimum atomic E-state index is -0.746. The topological polar surface area (TPSA) is 72.5 Å². The lowest BCUT2D eigenvalue weighted by molar-refractivity contribution is -0.148. The summed E-state index contributed by atoms with van der Waals surface area (Å²) in [4.78, 5) is 11.1. The van der Waals surface area contributed by atoms with E-state index in [-0.39, 0.29) is 24.5 Å². The first-order valence-corrected chi connectivity index (χ1v) is 4.39. The van der Waals surface area contributed by atoms with Gasteiger partial charge in [-0.15, -0.1) is 0 Å². The molecule has 0 saturated heterocycles. The van der Waals surface area contributed by atoms with Crippen LogP contribution in [0.25, 0.3) is 0 Å². The maximum absolute atomic E-state index is 11.1. The molecule has 0 bridgehead atoms. The van der Waals surface area contributed by atoms with Crippen LogP contribution in [0, 0.1) is 5.41 Å². The Balaban J connectivity index is 3.64. The van der Waals surface area contributed by atoms with E-state index >= 15 is 0 Å². The summed E-state index contributed by atoms with van der Waals surface area (Å²) >= 11 is 0. The fraction of sp³-hybridized carbons (Fsp3) is 0.889. The second-order valence-corrected chi connectivity index (χ2v) is 4.31. The van der Waals surface area contributed by atoms with Crippen molar-refractivity contribution < 1.29 is 14.6 Å². The molecule has 4 nitrogen and oxygen atoms in total. The molecule has 0 aromatic heterocycles. The Labute approximate surface area is 79.1 Å². The van der Waals surface area contributed by atoms with Gasteiger partial charge in [-0.3, -0.25) is 4.79 Å². The third-order valence-electron chi connectivity index (χ3n) is 1.38. The molecule has 0 fully saturated rings. The van der Waals surface area contributed by atoms with E-state index < -0.39 is 6.10 Å². The van der Waals surface area contributed by atoms with Gasteiger partial charge < -0.3 is 15.6 Å². The van der Waals surface area contributed by atoms with Crippen LogP contribution in [0.5, 0.6) is 0 Å². The molecular formula is C9H19NO3. The summed E-state index contributed by atoms with van der Waals surface area (Å²) in [7, 11) is 0. The van der Waals surface area contributed by atoms with Crippen LogP contribution in [0.4, 0.5) is 0 Å². The third kappa shape index (κ3) is 7.74. The average Bonchev–Trinajstić information content (AvgIpc) is 1.97. The van der Waals surface area contributed by atoms with Gasteiger partial charge in [0.1, 0.15) is 12.7 Å². The first-order valence-electron chi connectivity index (χ1n) is 4.39. The van der Waals surface area contributed by atoms with Gasteiger partial charge in [0.05, 0.1) is 6.42 Å². The smallest absolute Gasteiger partial charge is 0.306 e. The van der Waals surface area contributed by atoms with Crippen molar-refractivity contribution in [1.29, 1.82) is 0 Å². The van der Waals surface area contributed by atoms with Crippen molar-refractivity contribution in [2.24, 2.45) is 11.1 Å². The van der Waals surface area contributed by atoms with Gasteiger partial charge in [-0.05, 0) is 5.41 Å². The number of carbonyl (C=O) groups is 1. The van der Waals surface area contributed by atoms with Gasteiger partial charge in [-0.1, -0.05) is 20.8 Å². The van der Waals surface area contributed by atoms with E-state index in [1.165, 1.54) is 0 Å². The fourth-order valence-electron chi connectivity index (χ4n) is 0.741. The second-order valence-electron chi connectivity index (χ2n) is 4.31. The number of aliphatic hydroxyl groups excluding tert-OH is 1. The van der Waals surface area contributed by atoms with Crippen LogP contribution >= 0.6 is 0 Å². The SMILES string of the molecule is CC(C)(C)CC(=O)OCC(O)CN. The largest absolute Gasteiger partial charge is 0.463 e. The van der Waals surface area contributed by atoms with Crippen LogP contribution in [0.1, 0.15) is 27.2 Å². The van der Waals surface area contributed by atoms with Crippen molar-refractivity contribution in [3.63, 3.8) is 0 Å². The van der Waals surface area contributed by atoms with Crippen LogP contribution in [-0.2, 0) is 9.53 Å². The van der Waals surface area contributed by atoms with Crippen molar-refractivity contribution >= 4 is 5.97 Å². The average molecular weight is 189 g/mol. The Morgan fingerprint density at radius 2 is 2.08 bits per heavy atom. The van der Waals surface area contributed by atoms with E-state index in [1.54, 1.807) is 0 Å². The summed E-state index contributed by atoms with van der Waals surface area (Å²) in [6.45, 7) is 5.96. The molecule has 4 heteroatoms. The van der Waals surface area contributed by atoms with E-state index in [0.717, 1.165) is 0 Å². The van der Waals surface area contributed by atoms with E-state index in [9.17, 15) is 4.79 Å². The summed E-state index contributed by atoms with van der Waals surface area (Å²) < 4.78 is 4.80. The molecule has 0 heterocycles. The van der Waals surface area contributed by atoms with E-state index in [1.807, 2.05) is 20.8 Å².